The zero-order chi connectivity index (χ0) is 14.5. The first-order valence-corrected chi connectivity index (χ1v) is 7.40. The van der Waals surface area contributed by atoms with E-state index in [-0.39, 0.29) is 11.2 Å². The Labute approximate surface area is 123 Å². The fourth-order valence-electron chi connectivity index (χ4n) is 1.72. The number of anilines is 1. The van der Waals surface area contributed by atoms with Crippen molar-refractivity contribution < 1.29 is 4.79 Å². The minimum atomic E-state index is -0.167. The van der Waals surface area contributed by atoms with Crippen molar-refractivity contribution in [3.8, 4) is 0 Å². The van der Waals surface area contributed by atoms with Crippen molar-refractivity contribution in [3.05, 3.63) is 53.7 Å². The Kier molecular flexibility index (Phi) is 4.79. The van der Waals surface area contributed by atoms with Crippen molar-refractivity contribution in [3.63, 3.8) is 0 Å². The SMILES string of the molecule is Cc1ccc(SC(C)C(=O)Nc2cccc(C)n2)cc1. The Morgan fingerprint density at radius 3 is 2.50 bits per heavy atom. The molecular formula is C16H18N2OS. The molecule has 0 aliphatic rings. The Hall–Kier alpha value is -1.81. The molecule has 1 aromatic carbocycles. The lowest BCUT2D eigenvalue weighted by Crippen LogP contribution is -2.23. The lowest BCUT2D eigenvalue weighted by atomic mass is 10.2. The van der Waals surface area contributed by atoms with Crippen molar-refractivity contribution in [2.75, 3.05) is 5.32 Å². The average Bonchev–Trinajstić information content (AvgIpc) is 2.41. The maximum Gasteiger partial charge on any atom is 0.238 e. The number of aryl methyl sites for hydroxylation is 2. The molecule has 0 saturated carbocycles. The molecule has 1 amide bonds. The molecule has 0 fully saturated rings. The number of hydrogen-bond acceptors (Lipinski definition) is 3. The molecule has 3 nitrogen and oxygen atoms in total. The largest absolute Gasteiger partial charge is 0.310 e. The molecule has 0 spiro atoms. The molecule has 1 heterocycles. The van der Waals surface area contributed by atoms with Crippen LogP contribution in [0.1, 0.15) is 18.2 Å². The summed E-state index contributed by atoms with van der Waals surface area (Å²) in [5.74, 6) is 0.569. The predicted molar refractivity (Wildman–Crippen MR) is 84.1 cm³/mol. The maximum absolute atomic E-state index is 12.1. The molecule has 20 heavy (non-hydrogen) atoms. The predicted octanol–water partition coefficient (Wildman–Crippen LogP) is 3.82. The number of amides is 1. The normalized spacial score (nSPS) is 11.9. The van der Waals surface area contributed by atoms with Crippen LogP contribution in [0.4, 0.5) is 5.82 Å². The van der Waals surface area contributed by atoms with Crippen LogP contribution < -0.4 is 5.32 Å². The quantitative estimate of drug-likeness (QED) is 0.869. The van der Waals surface area contributed by atoms with Gasteiger partial charge in [-0.2, -0.15) is 0 Å². The van der Waals surface area contributed by atoms with Gasteiger partial charge in [-0.15, -0.1) is 11.8 Å². The van der Waals surface area contributed by atoms with Crippen LogP contribution in [0.5, 0.6) is 0 Å². The van der Waals surface area contributed by atoms with Crippen molar-refractivity contribution in [1.82, 2.24) is 4.98 Å². The van der Waals surface area contributed by atoms with Crippen LogP contribution in [0.2, 0.25) is 0 Å². The highest BCUT2D eigenvalue weighted by Crippen LogP contribution is 2.24. The number of nitrogens with one attached hydrogen (secondary N) is 1. The van der Waals surface area contributed by atoms with Crippen molar-refractivity contribution in [2.45, 2.75) is 30.9 Å². The third-order valence-electron chi connectivity index (χ3n) is 2.84. The van der Waals surface area contributed by atoms with E-state index in [2.05, 4.69) is 22.4 Å². The van der Waals surface area contributed by atoms with Gasteiger partial charge in [0, 0.05) is 10.6 Å². The number of carbonyl (C=O) groups excluding carboxylic acids is 1. The first kappa shape index (κ1) is 14.6. The summed E-state index contributed by atoms with van der Waals surface area (Å²) in [4.78, 5) is 17.5. The maximum atomic E-state index is 12.1. The van der Waals surface area contributed by atoms with Gasteiger partial charge in [-0.3, -0.25) is 4.79 Å². The van der Waals surface area contributed by atoms with Crippen LogP contribution in [-0.2, 0) is 4.79 Å². The van der Waals surface area contributed by atoms with E-state index in [0.717, 1.165) is 10.6 Å². The van der Waals surface area contributed by atoms with Crippen LogP contribution in [0.15, 0.2) is 47.4 Å². The van der Waals surface area contributed by atoms with Gasteiger partial charge >= 0.3 is 0 Å². The Morgan fingerprint density at radius 2 is 1.85 bits per heavy atom. The number of benzene rings is 1. The van der Waals surface area contributed by atoms with Gasteiger partial charge in [-0.25, -0.2) is 4.98 Å². The lowest BCUT2D eigenvalue weighted by Gasteiger charge is -2.12. The van der Waals surface area contributed by atoms with Crippen molar-refractivity contribution >= 4 is 23.5 Å². The van der Waals surface area contributed by atoms with E-state index in [0.29, 0.717) is 5.82 Å². The number of pyridine rings is 1. The second-order valence-corrected chi connectivity index (χ2v) is 6.14. The summed E-state index contributed by atoms with van der Waals surface area (Å²) in [5, 5.41) is 2.68. The zero-order valence-electron chi connectivity index (χ0n) is 11.9. The average molecular weight is 286 g/mol. The molecule has 1 N–H and O–H groups in total. The minimum Gasteiger partial charge on any atom is -0.310 e. The van der Waals surface area contributed by atoms with Gasteiger partial charge in [0.1, 0.15) is 5.82 Å². The molecule has 0 saturated heterocycles. The molecule has 4 heteroatoms. The second kappa shape index (κ2) is 6.57. The smallest absolute Gasteiger partial charge is 0.238 e. The molecule has 1 aromatic heterocycles. The molecule has 0 aliphatic carbocycles. The third kappa shape index (κ3) is 4.10. The standard InChI is InChI=1S/C16H18N2OS/c1-11-7-9-14(10-8-11)20-13(3)16(19)18-15-6-4-5-12(2)17-15/h4-10,13H,1-3H3,(H,17,18,19). The van der Waals surface area contributed by atoms with E-state index >= 15 is 0 Å². The Morgan fingerprint density at radius 1 is 1.15 bits per heavy atom. The van der Waals surface area contributed by atoms with Gasteiger partial charge < -0.3 is 5.32 Å². The van der Waals surface area contributed by atoms with Crippen LogP contribution in [0.3, 0.4) is 0 Å². The molecule has 0 aliphatic heterocycles. The number of nitrogens with zero attached hydrogens (tertiary/aromatic N) is 1. The van der Waals surface area contributed by atoms with Crippen molar-refractivity contribution in [1.29, 1.82) is 0 Å². The second-order valence-electron chi connectivity index (χ2n) is 4.73. The van der Waals surface area contributed by atoms with Gasteiger partial charge in [-0.05, 0) is 45.0 Å². The molecular weight excluding hydrogens is 268 g/mol. The Balaban J connectivity index is 1.96. The highest BCUT2D eigenvalue weighted by molar-refractivity contribution is 8.00. The third-order valence-corrected chi connectivity index (χ3v) is 3.95. The van der Waals surface area contributed by atoms with Gasteiger partial charge in [0.2, 0.25) is 5.91 Å². The van der Waals surface area contributed by atoms with E-state index in [4.69, 9.17) is 0 Å². The number of rotatable bonds is 4. The highest BCUT2D eigenvalue weighted by atomic mass is 32.2. The zero-order valence-corrected chi connectivity index (χ0v) is 12.7. The van der Waals surface area contributed by atoms with Crippen LogP contribution >= 0.6 is 11.8 Å². The summed E-state index contributed by atoms with van der Waals surface area (Å²) < 4.78 is 0. The number of carbonyl (C=O) groups is 1. The summed E-state index contributed by atoms with van der Waals surface area (Å²) in [6.07, 6.45) is 0. The summed E-state index contributed by atoms with van der Waals surface area (Å²) in [6.45, 7) is 5.85. The molecule has 1 unspecified atom stereocenters. The van der Waals surface area contributed by atoms with E-state index in [1.54, 1.807) is 17.8 Å². The summed E-state index contributed by atoms with van der Waals surface area (Å²) in [6, 6.07) is 13.8. The Bertz CT molecular complexity index is 596. The molecule has 104 valence electrons. The number of hydrogen-bond donors (Lipinski definition) is 1. The van der Waals surface area contributed by atoms with Gasteiger partial charge in [0.05, 0.1) is 5.25 Å². The molecule has 2 rings (SSSR count). The summed E-state index contributed by atoms with van der Waals surface area (Å²) in [5.41, 5.74) is 2.11. The number of aromatic nitrogens is 1. The van der Waals surface area contributed by atoms with Crippen molar-refractivity contribution in [2.24, 2.45) is 0 Å². The van der Waals surface area contributed by atoms with Gasteiger partial charge in [0.15, 0.2) is 0 Å². The molecule has 2 aromatic rings. The van der Waals surface area contributed by atoms with E-state index in [1.807, 2.05) is 45.0 Å². The van der Waals surface area contributed by atoms with Crippen LogP contribution in [0.25, 0.3) is 0 Å². The molecule has 1 atom stereocenters. The van der Waals surface area contributed by atoms with Gasteiger partial charge in [0.25, 0.3) is 0 Å². The summed E-state index contributed by atoms with van der Waals surface area (Å²) in [7, 11) is 0. The fourth-order valence-corrected chi connectivity index (χ4v) is 2.58. The monoisotopic (exact) mass is 286 g/mol. The molecule has 0 radical (unpaired) electrons. The highest BCUT2D eigenvalue weighted by Gasteiger charge is 2.14. The van der Waals surface area contributed by atoms with E-state index < -0.39 is 0 Å². The lowest BCUT2D eigenvalue weighted by molar-refractivity contribution is -0.115. The number of thioether (sulfide) groups is 1. The fraction of sp³-hybridized carbons (Fsp3) is 0.250. The van der Waals surface area contributed by atoms with E-state index in [9.17, 15) is 4.79 Å². The first-order chi connectivity index (χ1) is 9.54. The minimum absolute atomic E-state index is 0.0336. The summed E-state index contributed by atoms with van der Waals surface area (Å²) >= 11 is 1.54. The first-order valence-electron chi connectivity index (χ1n) is 6.52. The molecule has 0 bridgehead atoms. The van der Waals surface area contributed by atoms with Gasteiger partial charge in [-0.1, -0.05) is 23.8 Å². The topological polar surface area (TPSA) is 42.0 Å². The van der Waals surface area contributed by atoms with Crippen LogP contribution in [-0.4, -0.2) is 16.1 Å². The van der Waals surface area contributed by atoms with E-state index in [1.165, 1.54) is 5.56 Å². The van der Waals surface area contributed by atoms with Crippen LogP contribution in [0, 0.1) is 13.8 Å².